The van der Waals surface area contributed by atoms with E-state index in [1.165, 1.54) is 0 Å². The molecular weight excluding hydrogens is 338 g/mol. The summed E-state index contributed by atoms with van der Waals surface area (Å²) < 4.78 is 5.29. The van der Waals surface area contributed by atoms with Gasteiger partial charge in [0.05, 0.1) is 0 Å². The first-order chi connectivity index (χ1) is 11.9. The molecule has 0 unspecified atom stereocenters. The molecule has 1 amide bonds. The van der Waals surface area contributed by atoms with Gasteiger partial charge >= 0.3 is 0 Å². The minimum atomic E-state index is -0.407. The summed E-state index contributed by atoms with van der Waals surface area (Å²) in [5, 5.41) is 7.47. The molecule has 0 radical (unpaired) electrons. The van der Waals surface area contributed by atoms with Crippen molar-refractivity contribution in [1.82, 2.24) is 15.5 Å². The van der Waals surface area contributed by atoms with Gasteiger partial charge < -0.3 is 9.84 Å². The maximum absolute atomic E-state index is 12.3. The van der Waals surface area contributed by atoms with Gasteiger partial charge in [-0.15, -0.1) is 0 Å². The maximum atomic E-state index is 12.3. The zero-order valence-electron chi connectivity index (χ0n) is 14.2. The molecule has 0 aliphatic heterocycles. The van der Waals surface area contributed by atoms with E-state index in [2.05, 4.69) is 15.5 Å². The SMILES string of the molecule is Cc1ccc(C(=O)N[C@@H](C)c2nc(-c3ccc(C)c(Cl)c3)no2)cc1. The van der Waals surface area contributed by atoms with E-state index in [-0.39, 0.29) is 5.91 Å². The summed E-state index contributed by atoms with van der Waals surface area (Å²) in [7, 11) is 0. The Labute approximate surface area is 151 Å². The number of hydrogen-bond donors (Lipinski definition) is 1. The van der Waals surface area contributed by atoms with Crippen LogP contribution in [-0.2, 0) is 0 Å². The zero-order chi connectivity index (χ0) is 18.0. The Balaban J connectivity index is 1.74. The van der Waals surface area contributed by atoms with Gasteiger partial charge in [0.2, 0.25) is 11.7 Å². The minimum Gasteiger partial charge on any atom is -0.341 e. The Morgan fingerprint density at radius 1 is 1.16 bits per heavy atom. The quantitative estimate of drug-likeness (QED) is 0.748. The number of benzene rings is 2. The molecule has 6 heteroatoms. The van der Waals surface area contributed by atoms with Gasteiger partial charge in [-0.25, -0.2) is 0 Å². The molecule has 128 valence electrons. The molecule has 0 fully saturated rings. The molecule has 3 aromatic rings. The predicted octanol–water partition coefficient (Wildman–Crippen LogP) is 4.50. The van der Waals surface area contributed by atoms with Crippen molar-refractivity contribution in [2.75, 3.05) is 0 Å². The highest BCUT2D eigenvalue weighted by Crippen LogP contribution is 2.24. The fourth-order valence-electron chi connectivity index (χ4n) is 2.31. The molecule has 1 heterocycles. The van der Waals surface area contributed by atoms with Gasteiger partial charge in [0.15, 0.2) is 0 Å². The van der Waals surface area contributed by atoms with E-state index in [0.29, 0.717) is 22.3 Å². The first-order valence-electron chi connectivity index (χ1n) is 7.91. The highest BCUT2D eigenvalue weighted by atomic mass is 35.5. The summed E-state index contributed by atoms with van der Waals surface area (Å²) >= 11 is 6.14. The smallest absolute Gasteiger partial charge is 0.251 e. The third-order valence-electron chi connectivity index (χ3n) is 3.90. The van der Waals surface area contributed by atoms with E-state index < -0.39 is 6.04 Å². The average Bonchev–Trinajstić information content (AvgIpc) is 3.08. The van der Waals surface area contributed by atoms with Crippen LogP contribution in [0.2, 0.25) is 5.02 Å². The summed E-state index contributed by atoms with van der Waals surface area (Å²) in [4.78, 5) is 16.6. The highest BCUT2D eigenvalue weighted by Gasteiger charge is 2.18. The lowest BCUT2D eigenvalue weighted by atomic mass is 10.1. The van der Waals surface area contributed by atoms with Gasteiger partial charge in [0, 0.05) is 16.1 Å². The van der Waals surface area contributed by atoms with E-state index in [1.807, 2.05) is 38.1 Å². The molecule has 25 heavy (non-hydrogen) atoms. The molecule has 1 atom stereocenters. The average molecular weight is 356 g/mol. The fraction of sp³-hybridized carbons (Fsp3) is 0.211. The van der Waals surface area contributed by atoms with Crippen molar-refractivity contribution in [3.05, 3.63) is 70.1 Å². The first-order valence-corrected chi connectivity index (χ1v) is 8.29. The topological polar surface area (TPSA) is 68.0 Å². The first kappa shape index (κ1) is 17.2. The standard InChI is InChI=1S/C19H18ClN3O2/c1-11-4-7-14(8-5-11)18(24)21-13(3)19-22-17(23-25-19)15-9-6-12(2)16(20)10-15/h4-10,13H,1-3H3,(H,21,24)/t13-/m0/s1. The second-order valence-electron chi connectivity index (χ2n) is 5.98. The van der Waals surface area contributed by atoms with E-state index in [4.69, 9.17) is 16.1 Å². The zero-order valence-corrected chi connectivity index (χ0v) is 15.0. The van der Waals surface area contributed by atoms with Crippen LogP contribution in [-0.4, -0.2) is 16.0 Å². The van der Waals surface area contributed by atoms with Crippen molar-refractivity contribution in [3.8, 4) is 11.4 Å². The number of amides is 1. The van der Waals surface area contributed by atoms with E-state index in [0.717, 1.165) is 16.7 Å². The maximum Gasteiger partial charge on any atom is 0.251 e. The monoisotopic (exact) mass is 355 g/mol. The lowest BCUT2D eigenvalue weighted by molar-refractivity contribution is 0.0932. The molecule has 1 aromatic heterocycles. The number of aryl methyl sites for hydroxylation is 2. The highest BCUT2D eigenvalue weighted by molar-refractivity contribution is 6.31. The lowest BCUT2D eigenvalue weighted by Gasteiger charge is -2.09. The van der Waals surface area contributed by atoms with Crippen LogP contribution in [0.1, 0.15) is 40.3 Å². The van der Waals surface area contributed by atoms with Gasteiger partial charge in [0.25, 0.3) is 5.91 Å². The number of carbonyl (C=O) groups is 1. The number of nitrogens with zero attached hydrogens (tertiary/aromatic N) is 2. The van der Waals surface area contributed by atoms with Gasteiger partial charge in [-0.2, -0.15) is 4.98 Å². The van der Waals surface area contributed by atoms with Gasteiger partial charge in [0.1, 0.15) is 6.04 Å². The Kier molecular flexibility index (Phi) is 4.86. The molecular formula is C19H18ClN3O2. The number of halogens is 1. The number of aromatic nitrogens is 2. The summed E-state index contributed by atoms with van der Waals surface area (Å²) in [5.74, 6) is 0.589. The normalized spacial score (nSPS) is 12.0. The van der Waals surface area contributed by atoms with Crippen molar-refractivity contribution in [3.63, 3.8) is 0 Å². The third kappa shape index (κ3) is 3.88. The van der Waals surface area contributed by atoms with Crippen LogP contribution in [0.4, 0.5) is 0 Å². The van der Waals surface area contributed by atoms with Crippen LogP contribution in [0.15, 0.2) is 47.0 Å². The number of hydrogen-bond acceptors (Lipinski definition) is 4. The van der Waals surface area contributed by atoms with Crippen LogP contribution >= 0.6 is 11.6 Å². The van der Waals surface area contributed by atoms with E-state index in [9.17, 15) is 4.79 Å². The molecule has 0 aliphatic rings. The molecule has 3 rings (SSSR count). The predicted molar refractivity (Wildman–Crippen MR) is 96.5 cm³/mol. The van der Waals surface area contributed by atoms with Crippen molar-refractivity contribution >= 4 is 17.5 Å². The number of nitrogens with one attached hydrogen (secondary N) is 1. The molecule has 0 spiro atoms. The van der Waals surface area contributed by atoms with E-state index >= 15 is 0 Å². The third-order valence-corrected chi connectivity index (χ3v) is 4.31. The fourth-order valence-corrected chi connectivity index (χ4v) is 2.49. The Morgan fingerprint density at radius 3 is 2.56 bits per heavy atom. The molecule has 5 nitrogen and oxygen atoms in total. The second kappa shape index (κ2) is 7.07. The second-order valence-corrected chi connectivity index (χ2v) is 6.39. The number of carbonyl (C=O) groups excluding carboxylic acids is 1. The van der Waals surface area contributed by atoms with Gasteiger partial charge in [-0.3, -0.25) is 4.79 Å². The van der Waals surface area contributed by atoms with Gasteiger partial charge in [-0.1, -0.05) is 46.6 Å². The summed E-state index contributed by atoms with van der Waals surface area (Å²) in [6, 6.07) is 12.5. The van der Waals surface area contributed by atoms with Crippen LogP contribution in [0.3, 0.4) is 0 Å². The van der Waals surface area contributed by atoms with Crippen LogP contribution < -0.4 is 5.32 Å². The van der Waals surface area contributed by atoms with Crippen molar-refractivity contribution in [2.45, 2.75) is 26.8 Å². The Morgan fingerprint density at radius 2 is 1.88 bits per heavy atom. The van der Waals surface area contributed by atoms with Crippen LogP contribution in [0.25, 0.3) is 11.4 Å². The van der Waals surface area contributed by atoms with Crippen LogP contribution in [0, 0.1) is 13.8 Å². The summed E-state index contributed by atoms with van der Waals surface area (Å²) in [5.41, 5.74) is 3.43. The Hall–Kier alpha value is -2.66. The molecule has 0 saturated heterocycles. The van der Waals surface area contributed by atoms with Crippen molar-refractivity contribution in [1.29, 1.82) is 0 Å². The van der Waals surface area contributed by atoms with Crippen molar-refractivity contribution < 1.29 is 9.32 Å². The van der Waals surface area contributed by atoms with Crippen molar-refractivity contribution in [2.24, 2.45) is 0 Å². The summed E-state index contributed by atoms with van der Waals surface area (Å²) in [6.07, 6.45) is 0. The largest absolute Gasteiger partial charge is 0.341 e. The summed E-state index contributed by atoms with van der Waals surface area (Å²) in [6.45, 7) is 5.70. The van der Waals surface area contributed by atoms with Gasteiger partial charge in [-0.05, 0) is 44.5 Å². The molecule has 0 saturated carbocycles. The minimum absolute atomic E-state index is 0.189. The molecule has 0 bridgehead atoms. The molecule has 0 aliphatic carbocycles. The molecule has 2 aromatic carbocycles. The lowest BCUT2D eigenvalue weighted by Crippen LogP contribution is -2.26. The molecule has 1 N–H and O–H groups in total. The van der Waals surface area contributed by atoms with Crippen LogP contribution in [0.5, 0.6) is 0 Å². The number of rotatable bonds is 4. The van der Waals surface area contributed by atoms with E-state index in [1.54, 1.807) is 25.1 Å². The Bertz CT molecular complexity index is 903.